The number of hydrogen-bond donors (Lipinski definition) is 3. The molecule has 122 valence electrons. The highest BCUT2D eigenvalue weighted by Crippen LogP contribution is 2.20. The third kappa shape index (κ3) is 5.11. The van der Waals surface area contributed by atoms with Crippen LogP contribution in [0.2, 0.25) is 0 Å². The standard InChI is InChI=1S/C19H24N2O2/c1-3-16-11-7-8-14(2)18(16)21-19(23)20-13-17(22)12-15-9-5-4-6-10-15/h4-11,17,22H,3,12-13H2,1-2H3,(H2,20,21,23). The number of hydrogen-bond acceptors (Lipinski definition) is 2. The molecule has 2 aromatic carbocycles. The molecule has 0 fully saturated rings. The lowest BCUT2D eigenvalue weighted by Crippen LogP contribution is -2.36. The van der Waals surface area contributed by atoms with Crippen LogP contribution in [-0.4, -0.2) is 23.8 Å². The van der Waals surface area contributed by atoms with Gasteiger partial charge < -0.3 is 15.7 Å². The highest BCUT2D eigenvalue weighted by molar-refractivity contribution is 5.91. The minimum Gasteiger partial charge on any atom is -0.391 e. The van der Waals surface area contributed by atoms with Crippen LogP contribution in [0.25, 0.3) is 0 Å². The summed E-state index contributed by atoms with van der Waals surface area (Å²) in [5.41, 5.74) is 4.04. The van der Waals surface area contributed by atoms with Gasteiger partial charge in [0.25, 0.3) is 0 Å². The summed E-state index contributed by atoms with van der Waals surface area (Å²) < 4.78 is 0. The van der Waals surface area contributed by atoms with Gasteiger partial charge in [0.2, 0.25) is 0 Å². The first-order chi connectivity index (χ1) is 11.1. The van der Waals surface area contributed by atoms with Crippen molar-refractivity contribution in [3.05, 3.63) is 65.2 Å². The summed E-state index contributed by atoms with van der Waals surface area (Å²) in [7, 11) is 0. The van der Waals surface area contributed by atoms with Gasteiger partial charge >= 0.3 is 6.03 Å². The minimum atomic E-state index is -0.606. The van der Waals surface area contributed by atoms with E-state index < -0.39 is 6.10 Å². The summed E-state index contributed by atoms with van der Waals surface area (Å²) in [6, 6.07) is 15.4. The predicted octanol–water partition coefficient (Wildman–Crippen LogP) is 3.28. The van der Waals surface area contributed by atoms with Crippen LogP contribution >= 0.6 is 0 Å². The molecule has 0 saturated carbocycles. The fraction of sp³-hybridized carbons (Fsp3) is 0.316. The summed E-state index contributed by atoms with van der Waals surface area (Å²) in [5, 5.41) is 15.6. The number of aryl methyl sites for hydroxylation is 2. The van der Waals surface area contributed by atoms with E-state index in [1.54, 1.807) is 0 Å². The van der Waals surface area contributed by atoms with E-state index in [0.29, 0.717) is 6.42 Å². The molecule has 0 spiro atoms. The summed E-state index contributed by atoms with van der Waals surface area (Å²) in [6.45, 7) is 4.24. The first kappa shape index (κ1) is 17.0. The molecular formula is C19H24N2O2. The monoisotopic (exact) mass is 312 g/mol. The maximum atomic E-state index is 12.1. The van der Waals surface area contributed by atoms with Crippen molar-refractivity contribution in [2.24, 2.45) is 0 Å². The van der Waals surface area contributed by atoms with E-state index in [1.807, 2.05) is 55.5 Å². The van der Waals surface area contributed by atoms with Gasteiger partial charge in [0.15, 0.2) is 0 Å². The normalized spacial score (nSPS) is 11.8. The number of nitrogens with one attached hydrogen (secondary N) is 2. The van der Waals surface area contributed by atoms with Gasteiger partial charge in [0, 0.05) is 18.7 Å². The molecule has 0 aliphatic heterocycles. The van der Waals surface area contributed by atoms with Crippen LogP contribution in [0.15, 0.2) is 48.5 Å². The molecule has 1 atom stereocenters. The zero-order valence-corrected chi connectivity index (χ0v) is 13.7. The molecule has 0 radical (unpaired) electrons. The van der Waals surface area contributed by atoms with Gasteiger partial charge in [-0.25, -0.2) is 4.79 Å². The van der Waals surface area contributed by atoms with Crippen molar-refractivity contribution in [3.63, 3.8) is 0 Å². The number of rotatable bonds is 6. The van der Waals surface area contributed by atoms with E-state index in [-0.39, 0.29) is 12.6 Å². The van der Waals surface area contributed by atoms with Crippen molar-refractivity contribution < 1.29 is 9.90 Å². The van der Waals surface area contributed by atoms with Gasteiger partial charge in [-0.05, 0) is 30.0 Å². The molecule has 2 rings (SSSR count). The molecule has 3 N–H and O–H groups in total. The smallest absolute Gasteiger partial charge is 0.319 e. The summed E-state index contributed by atoms with van der Waals surface area (Å²) in [5.74, 6) is 0. The Kier molecular flexibility index (Phi) is 6.18. The van der Waals surface area contributed by atoms with Gasteiger partial charge in [-0.2, -0.15) is 0 Å². The number of aliphatic hydroxyl groups excluding tert-OH is 1. The van der Waals surface area contributed by atoms with Crippen molar-refractivity contribution in [1.29, 1.82) is 0 Å². The molecule has 2 amide bonds. The number of anilines is 1. The van der Waals surface area contributed by atoms with Crippen LogP contribution in [0.1, 0.15) is 23.6 Å². The number of amides is 2. The van der Waals surface area contributed by atoms with Crippen LogP contribution in [0.3, 0.4) is 0 Å². The van der Waals surface area contributed by atoms with Crippen molar-refractivity contribution in [2.75, 3.05) is 11.9 Å². The lowest BCUT2D eigenvalue weighted by Gasteiger charge is -2.15. The molecule has 1 unspecified atom stereocenters. The Morgan fingerprint density at radius 2 is 1.87 bits per heavy atom. The van der Waals surface area contributed by atoms with Gasteiger partial charge in [-0.1, -0.05) is 55.5 Å². The topological polar surface area (TPSA) is 61.4 Å². The van der Waals surface area contributed by atoms with Crippen LogP contribution < -0.4 is 10.6 Å². The Morgan fingerprint density at radius 1 is 1.13 bits per heavy atom. The fourth-order valence-corrected chi connectivity index (χ4v) is 2.53. The Balaban J connectivity index is 1.86. The largest absolute Gasteiger partial charge is 0.391 e. The minimum absolute atomic E-state index is 0.216. The summed E-state index contributed by atoms with van der Waals surface area (Å²) in [6.07, 6.45) is 0.769. The Bertz CT molecular complexity index is 641. The van der Waals surface area contributed by atoms with E-state index in [9.17, 15) is 9.90 Å². The maximum absolute atomic E-state index is 12.1. The number of benzene rings is 2. The van der Waals surface area contributed by atoms with E-state index in [1.165, 1.54) is 0 Å². The van der Waals surface area contributed by atoms with Crippen molar-refractivity contribution in [1.82, 2.24) is 5.32 Å². The van der Waals surface area contributed by atoms with Crippen LogP contribution in [-0.2, 0) is 12.8 Å². The van der Waals surface area contributed by atoms with Crippen molar-refractivity contribution >= 4 is 11.7 Å². The lowest BCUT2D eigenvalue weighted by atomic mass is 10.1. The van der Waals surface area contributed by atoms with Gasteiger partial charge in [0.1, 0.15) is 0 Å². The second-order valence-corrected chi connectivity index (χ2v) is 5.64. The zero-order chi connectivity index (χ0) is 16.7. The molecule has 0 bridgehead atoms. The van der Waals surface area contributed by atoms with Crippen LogP contribution in [0.4, 0.5) is 10.5 Å². The number of para-hydroxylation sites is 1. The molecule has 0 saturated heterocycles. The molecule has 23 heavy (non-hydrogen) atoms. The molecule has 0 aliphatic rings. The molecule has 2 aromatic rings. The molecule has 4 heteroatoms. The second-order valence-electron chi connectivity index (χ2n) is 5.64. The summed E-state index contributed by atoms with van der Waals surface area (Å²) in [4.78, 5) is 12.1. The van der Waals surface area contributed by atoms with Crippen LogP contribution in [0.5, 0.6) is 0 Å². The van der Waals surface area contributed by atoms with Crippen LogP contribution in [0, 0.1) is 6.92 Å². The molecule has 0 aromatic heterocycles. The molecule has 0 aliphatic carbocycles. The van der Waals surface area contributed by atoms with E-state index in [0.717, 1.165) is 28.8 Å². The first-order valence-electron chi connectivity index (χ1n) is 7.95. The Hall–Kier alpha value is -2.33. The number of carbonyl (C=O) groups is 1. The fourth-order valence-electron chi connectivity index (χ4n) is 2.53. The third-order valence-electron chi connectivity index (χ3n) is 3.79. The molecular weight excluding hydrogens is 288 g/mol. The van der Waals surface area contributed by atoms with Gasteiger partial charge in [-0.15, -0.1) is 0 Å². The predicted molar refractivity (Wildman–Crippen MR) is 93.7 cm³/mol. The van der Waals surface area contributed by atoms with E-state index in [4.69, 9.17) is 0 Å². The Morgan fingerprint density at radius 3 is 2.57 bits per heavy atom. The number of urea groups is 1. The maximum Gasteiger partial charge on any atom is 0.319 e. The van der Waals surface area contributed by atoms with Gasteiger partial charge in [-0.3, -0.25) is 0 Å². The first-order valence-corrected chi connectivity index (χ1v) is 7.95. The highest BCUT2D eigenvalue weighted by atomic mass is 16.3. The third-order valence-corrected chi connectivity index (χ3v) is 3.79. The number of aliphatic hydroxyl groups is 1. The lowest BCUT2D eigenvalue weighted by molar-refractivity contribution is 0.172. The van der Waals surface area contributed by atoms with Crippen molar-refractivity contribution in [2.45, 2.75) is 32.8 Å². The molecule has 0 heterocycles. The average molecular weight is 312 g/mol. The van der Waals surface area contributed by atoms with Crippen molar-refractivity contribution in [3.8, 4) is 0 Å². The second kappa shape index (κ2) is 8.34. The zero-order valence-electron chi connectivity index (χ0n) is 13.7. The quantitative estimate of drug-likeness (QED) is 0.766. The van der Waals surface area contributed by atoms with Gasteiger partial charge in [0.05, 0.1) is 6.10 Å². The average Bonchev–Trinajstić information content (AvgIpc) is 2.56. The number of carbonyl (C=O) groups excluding carboxylic acids is 1. The Labute approximate surface area is 137 Å². The van der Waals surface area contributed by atoms with E-state index in [2.05, 4.69) is 17.6 Å². The SMILES string of the molecule is CCc1cccc(C)c1NC(=O)NCC(O)Cc1ccccc1. The summed E-state index contributed by atoms with van der Waals surface area (Å²) >= 11 is 0. The van der Waals surface area contributed by atoms with E-state index >= 15 is 0 Å². The highest BCUT2D eigenvalue weighted by Gasteiger charge is 2.10. The molecule has 4 nitrogen and oxygen atoms in total.